The third kappa shape index (κ3) is 23.8. The molecule has 52 heavy (non-hydrogen) atoms. The van der Waals surface area contributed by atoms with E-state index in [4.69, 9.17) is 28.0 Å². The molecule has 3 aromatic rings. The molecule has 0 heterocycles. The second-order valence-electron chi connectivity index (χ2n) is 7.99. The molecule has 3 aromatic carbocycles. The van der Waals surface area contributed by atoms with Crippen molar-refractivity contribution in [1.82, 2.24) is 0 Å². The fourth-order valence-electron chi connectivity index (χ4n) is 2.80. The standard InChI is InChI=1S/2C9H9FINO3.C9H10FNO3.I2.IO4.Na/c1-14-8-4-6(11)7(3-5(8)10)12-9(13)15-2;1-14-6-4-3-5(8(11)7(6)10)12-9(13)15-2;1-13-8-4-3-6(5-7(8)10)11-9(12)14-2;1-2;2-1(3,4)5;/h2*3-4H,1-2H3,(H,12,13);3-5H,1-2H3,(H,11,12);;;/q;;;;-1;+1. The second kappa shape index (κ2) is 30.4. The maximum Gasteiger partial charge on any atom is 1.00 e. The van der Waals surface area contributed by atoms with Gasteiger partial charge in [-0.15, -0.1) is 0 Å². The number of carbonyl (C=O) groups is 3. The minimum atomic E-state index is -5.94. The molecular formula is C27H28F3I5N3NaO13. The first kappa shape index (κ1) is 55.5. The van der Waals surface area contributed by atoms with Gasteiger partial charge in [-0.1, -0.05) is 0 Å². The van der Waals surface area contributed by atoms with Crippen molar-refractivity contribution < 1.29 is 119 Å². The Kier molecular flexibility index (Phi) is 32.4. The van der Waals surface area contributed by atoms with Crippen LogP contribution in [0, 0.1) is 24.6 Å². The zero-order chi connectivity index (χ0) is 39.9. The van der Waals surface area contributed by atoms with Gasteiger partial charge in [-0.2, -0.15) is 0 Å². The normalized spacial score (nSPS) is 9.33. The summed E-state index contributed by atoms with van der Waals surface area (Å²) in [6.45, 7) is 0. The van der Waals surface area contributed by atoms with Gasteiger partial charge in [0.2, 0.25) is 0 Å². The van der Waals surface area contributed by atoms with Gasteiger partial charge in [0.25, 0.3) is 0 Å². The van der Waals surface area contributed by atoms with Gasteiger partial charge in [0.15, 0.2) is 34.7 Å². The van der Waals surface area contributed by atoms with Crippen molar-refractivity contribution in [2.24, 2.45) is 0 Å². The number of anilines is 3. The molecule has 25 heteroatoms. The number of halogens is 8. The summed E-state index contributed by atoms with van der Waals surface area (Å²) in [7, 11) is 7.83. The number of hydrogen-bond acceptors (Lipinski definition) is 13. The summed E-state index contributed by atoms with van der Waals surface area (Å²) >= 11 is 2.04. The monoisotopic (exact) mass is 1320 g/mol. The molecule has 0 atom stereocenters. The first-order valence-corrected chi connectivity index (χ1v) is 24.5. The molecule has 3 rings (SSSR count). The Labute approximate surface area is 375 Å². The van der Waals surface area contributed by atoms with Crippen molar-refractivity contribution in [2.75, 3.05) is 58.6 Å². The van der Waals surface area contributed by atoms with Crippen LogP contribution >= 0.6 is 82.4 Å². The Balaban J connectivity index is -0.000000629. The van der Waals surface area contributed by atoms with Crippen LogP contribution in [0.5, 0.6) is 17.2 Å². The van der Waals surface area contributed by atoms with Gasteiger partial charge >= 0.3 is 47.8 Å². The third-order valence-electron chi connectivity index (χ3n) is 4.94. The quantitative estimate of drug-likeness (QED) is 0.142. The number of rotatable bonds is 6. The minimum absolute atomic E-state index is 0. The number of amides is 3. The van der Waals surface area contributed by atoms with Crippen LogP contribution in [0.3, 0.4) is 0 Å². The predicted molar refractivity (Wildman–Crippen MR) is 200 cm³/mol. The Morgan fingerprint density at radius 3 is 1.44 bits per heavy atom. The zero-order valence-electron chi connectivity index (χ0n) is 27.9. The topological polar surface area (TPSA) is 235 Å². The van der Waals surface area contributed by atoms with E-state index in [9.17, 15) is 27.6 Å². The van der Waals surface area contributed by atoms with Gasteiger partial charge in [0.05, 0.1) is 57.6 Å². The Morgan fingerprint density at radius 1 is 0.615 bits per heavy atom. The van der Waals surface area contributed by atoms with Crippen molar-refractivity contribution in [3.8, 4) is 17.2 Å². The molecule has 0 radical (unpaired) electrons. The van der Waals surface area contributed by atoms with Crippen LogP contribution in [-0.2, 0) is 14.2 Å². The van der Waals surface area contributed by atoms with E-state index in [1.54, 1.807) is 28.7 Å². The van der Waals surface area contributed by atoms with Gasteiger partial charge in [-0.05, 0) is 75.5 Å². The van der Waals surface area contributed by atoms with Crippen LogP contribution in [0.15, 0.2) is 42.5 Å². The summed E-state index contributed by atoms with van der Waals surface area (Å²) in [4.78, 5) is 32.6. The molecule has 3 amide bonds. The van der Waals surface area contributed by atoms with E-state index >= 15 is 0 Å². The van der Waals surface area contributed by atoms with Crippen LogP contribution in [0.4, 0.5) is 44.6 Å². The number of benzene rings is 3. The Morgan fingerprint density at radius 2 is 1.02 bits per heavy atom. The van der Waals surface area contributed by atoms with Gasteiger partial charge in [0.1, 0.15) is 20.1 Å². The van der Waals surface area contributed by atoms with Crippen molar-refractivity contribution >= 4 is 118 Å². The Hall–Kier alpha value is -0.850. The van der Waals surface area contributed by atoms with Crippen LogP contribution in [0.2, 0.25) is 0 Å². The average molecular weight is 1320 g/mol. The van der Waals surface area contributed by atoms with Gasteiger partial charge in [-0.3, -0.25) is 29.7 Å². The van der Waals surface area contributed by atoms with E-state index in [-0.39, 0.29) is 50.4 Å². The maximum absolute atomic E-state index is 13.5. The van der Waals surface area contributed by atoms with E-state index in [0.29, 0.717) is 20.6 Å². The SMILES string of the molecule is COC(=O)Nc1cc(F)c(OC)cc1I.COC(=O)Nc1ccc(OC)c(F)c1.COC(=O)Nc1ccc(OC)c(F)c1I.II.[Na+].[O-][I+3]([O-])([O-])[O-]. The molecular weight excluding hydrogens is 1290 g/mol. The number of hydrogen-bond donors (Lipinski definition) is 3. The van der Waals surface area contributed by atoms with Crippen molar-refractivity contribution in [2.45, 2.75) is 0 Å². The van der Waals surface area contributed by atoms with E-state index in [0.717, 1.165) is 6.07 Å². The summed E-state index contributed by atoms with van der Waals surface area (Å²) in [6, 6.07) is 9.72. The molecule has 0 aromatic heterocycles. The summed E-state index contributed by atoms with van der Waals surface area (Å²) in [6.07, 6.45) is -1.93. The van der Waals surface area contributed by atoms with Gasteiger partial charge in [0, 0.05) is 58.6 Å². The summed E-state index contributed by atoms with van der Waals surface area (Å²) in [5.74, 6) is -1.19. The van der Waals surface area contributed by atoms with Crippen LogP contribution in [0.1, 0.15) is 0 Å². The summed E-state index contributed by atoms with van der Waals surface area (Å²) < 4.78 is 103. The van der Waals surface area contributed by atoms with Crippen molar-refractivity contribution in [1.29, 1.82) is 0 Å². The second-order valence-corrected chi connectivity index (χ2v) is 12.4. The predicted octanol–water partition coefficient (Wildman–Crippen LogP) is -1.73. The van der Waals surface area contributed by atoms with Gasteiger partial charge in [-0.25, -0.2) is 27.6 Å². The van der Waals surface area contributed by atoms with Crippen LogP contribution in [0.25, 0.3) is 0 Å². The minimum Gasteiger partial charge on any atom is -0.494 e. The van der Waals surface area contributed by atoms with E-state index in [2.05, 4.69) is 67.4 Å². The van der Waals surface area contributed by atoms with E-state index in [1.807, 2.05) is 22.6 Å². The van der Waals surface area contributed by atoms with Crippen molar-refractivity contribution in [3.63, 3.8) is 0 Å². The average Bonchev–Trinajstić information content (AvgIpc) is 3.09. The Bertz CT molecular complexity index is 1540. The first-order valence-electron chi connectivity index (χ1n) is 12.5. The molecule has 16 nitrogen and oxygen atoms in total. The molecule has 0 aliphatic carbocycles. The molecule has 0 fully saturated rings. The van der Waals surface area contributed by atoms with Crippen LogP contribution < -0.4 is 93.6 Å². The van der Waals surface area contributed by atoms with E-state index in [1.165, 1.54) is 73.0 Å². The molecule has 3 N–H and O–H groups in total. The number of nitrogens with one attached hydrogen (secondary N) is 3. The van der Waals surface area contributed by atoms with E-state index < -0.39 is 55.8 Å². The smallest absolute Gasteiger partial charge is 0.494 e. The van der Waals surface area contributed by atoms with Crippen molar-refractivity contribution in [3.05, 3.63) is 67.1 Å². The number of carbonyl (C=O) groups excluding carboxylic acids is 3. The fourth-order valence-corrected chi connectivity index (χ4v) is 3.96. The molecule has 286 valence electrons. The van der Waals surface area contributed by atoms with Gasteiger partial charge < -0.3 is 28.4 Å². The number of ether oxygens (including phenoxy) is 6. The molecule has 0 aliphatic heterocycles. The zero-order valence-corrected chi connectivity index (χ0v) is 40.7. The molecule has 0 spiro atoms. The van der Waals surface area contributed by atoms with Crippen LogP contribution in [-0.4, -0.2) is 60.9 Å². The molecule has 0 bridgehead atoms. The first-order chi connectivity index (χ1) is 23.8. The number of methoxy groups -OCH3 is 6. The largest absolute Gasteiger partial charge is 1.00 e. The molecule has 0 unspecified atom stereocenters. The molecule has 0 saturated carbocycles. The third-order valence-corrected chi connectivity index (χ3v) is 6.88. The molecule has 0 aliphatic rings. The summed E-state index contributed by atoms with van der Waals surface area (Å²) in [5, 5.41) is 7.10. The fraction of sp³-hybridized carbons (Fsp3) is 0.222. The maximum atomic E-state index is 13.5. The molecule has 0 saturated heterocycles. The summed E-state index contributed by atoms with van der Waals surface area (Å²) in [5.41, 5.74) is 1.01.